The molecule has 6 heteroatoms. The van der Waals surface area contributed by atoms with Crippen molar-refractivity contribution in [1.29, 1.82) is 0 Å². The summed E-state index contributed by atoms with van der Waals surface area (Å²) >= 11 is 3.43. The van der Waals surface area contributed by atoms with Gasteiger partial charge in [0, 0.05) is 28.6 Å². The van der Waals surface area contributed by atoms with E-state index in [0.717, 1.165) is 18.4 Å². The molecule has 1 amide bonds. The smallest absolute Gasteiger partial charge is 0.270 e. The summed E-state index contributed by atoms with van der Waals surface area (Å²) in [5, 5.41) is 14.4. The van der Waals surface area contributed by atoms with Crippen LogP contribution in [0.25, 0.3) is 0 Å². The van der Waals surface area contributed by atoms with E-state index in [1.165, 1.54) is 12.1 Å². The summed E-state index contributed by atoms with van der Waals surface area (Å²) in [4.78, 5) is 22.7. The highest BCUT2D eigenvalue weighted by Crippen LogP contribution is 2.21. The van der Waals surface area contributed by atoms with Crippen molar-refractivity contribution in [1.82, 2.24) is 5.32 Å². The Labute approximate surface area is 127 Å². The number of nitrogens with one attached hydrogen (secondary N) is 1. The highest BCUT2D eigenvalue weighted by Gasteiger charge is 2.28. The zero-order valence-corrected chi connectivity index (χ0v) is 13.5. The number of non-ortho nitro benzene ring substituents is 1. The van der Waals surface area contributed by atoms with Crippen LogP contribution in [-0.2, 0) is 0 Å². The number of nitro benzene ring substituents is 1. The number of nitrogens with zero attached hydrogens (tertiary/aromatic N) is 1. The Morgan fingerprint density at radius 2 is 2.00 bits per heavy atom. The third-order valence-corrected chi connectivity index (χ3v) is 4.74. The lowest BCUT2D eigenvalue weighted by Gasteiger charge is -2.31. The fourth-order valence-electron chi connectivity index (χ4n) is 1.93. The summed E-state index contributed by atoms with van der Waals surface area (Å²) in [5.74, 6) is -0.269. The molecule has 1 rings (SSSR count). The number of alkyl halides is 1. The Hall–Kier alpha value is -1.43. The number of rotatable bonds is 6. The highest BCUT2D eigenvalue weighted by molar-refractivity contribution is 9.09. The van der Waals surface area contributed by atoms with Gasteiger partial charge in [0.1, 0.15) is 0 Å². The number of carbonyl (C=O) groups excluding carboxylic acids is 1. The van der Waals surface area contributed by atoms with E-state index in [1.807, 2.05) is 13.8 Å². The SMILES string of the molecule is CCC(CC)(CBr)NC(=O)c1cc([N+](=O)[O-])ccc1C. The van der Waals surface area contributed by atoms with E-state index in [9.17, 15) is 14.9 Å². The molecular weight excluding hydrogens is 324 g/mol. The van der Waals surface area contributed by atoms with Gasteiger partial charge in [-0.2, -0.15) is 0 Å². The summed E-state index contributed by atoms with van der Waals surface area (Å²) in [6.07, 6.45) is 1.57. The van der Waals surface area contributed by atoms with Crippen LogP contribution in [0.15, 0.2) is 18.2 Å². The third-order valence-electron chi connectivity index (χ3n) is 3.66. The second-order valence-electron chi connectivity index (χ2n) is 4.83. The van der Waals surface area contributed by atoms with Crippen molar-refractivity contribution in [2.24, 2.45) is 0 Å². The Morgan fingerprint density at radius 1 is 1.40 bits per heavy atom. The first-order valence-corrected chi connectivity index (χ1v) is 7.64. The van der Waals surface area contributed by atoms with Gasteiger partial charge in [-0.25, -0.2) is 0 Å². The number of halogens is 1. The van der Waals surface area contributed by atoms with Crippen LogP contribution >= 0.6 is 15.9 Å². The lowest BCUT2D eigenvalue weighted by Crippen LogP contribution is -2.49. The van der Waals surface area contributed by atoms with Crippen LogP contribution in [0, 0.1) is 17.0 Å². The van der Waals surface area contributed by atoms with Crippen molar-refractivity contribution in [3.05, 3.63) is 39.4 Å². The molecular formula is C14H19BrN2O3. The molecule has 5 nitrogen and oxygen atoms in total. The zero-order valence-electron chi connectivity index (χ0n) is 11.9. The summed E-state index contributed by atoms with van der Waals surface area (Å²) in [6, 6.07) is 4.33. The van der Waals surface area contributed by atoms with Crippen LogP contribution in [0.4, 0.5) is 5.69 Å². The average Bonchev–Trinajstić information content (AvgIpc) is 2.45. The van der Waals surface area contributed by atoms with E-state index >= 15 is 0 Å². The summed E-state index contributed by atoms with van der Waals surface area (Å²) in [7, 11) is 0. The number of amides is 1. The molecule has 20 heavy (non-hydrogen) atoms. The molecule has 0 aromatic heterocycles. The third kappa shape index (κ3) is 3.56. The normalized spacial score (nSPS) is 11.2. The number of nitro groups is 1. The Kier molecular flexibility index (Phi) is 5.68. The first kappa shape index (κ1) is 16.6. The second kappa shape index (κ2) is 6.83. The van der Waals surface area contributed by atoms with Crippen molar-refractivity contribution in [2.75, 3.05) is 5.33 Å². The number of hydrogen-bond acceptors (Lipinski definition) is 3. The molecule has 0 bridgehead atoms. The molecule has 0 heterocycles. The van der Waals surface area contributed by atoms with Crippen LogP contribution < -0.4 is 5.32 Å². The summed E-state index contributed by atoms with van der Waals surface area (Å²) < 4.78 is 0. The standard InChI is InChI=1S/C14H19BrN2O3/c1-4-14(5-2,9-15)16-13(18)12-8-11(17(19)20)7-6-10(12)3/h6-8H,4-5,9H2,1-3H3,(H,16,18). The molecule has 0 aliphatic carbocycles. The minimum atomic E-state index is -0.492. The van der Waals surface area contributed by atoms with Gasteiger partial charge in [-0.15, -0.1) is 0 Å². The van der Waals surface area contributed by atoms with E-state index in [-0.39, 0.29) is 17.1 Å². The second-order valence-corrected chi connectivity index (χ2v) is 5.39. The Bertz CT molecular complexity index is 505. The molecule has 0 aliphatic rings. The minimum Gasteiger partial charge on any atom is -0.346 e. The fourth-order valence-corrected chi connectivity index (χ4v) is 2.86. The molecule has 0 fully saturated rings. The maximum absolute atomic E-state index is 12.4. The van der Waals surface area contributed by atoms with Gasteiger partial charge in [0.25, 0.3) is 11.6 Å². The van der Waals surface area contributed by atoms with E-state index < -0.39 is 4.92 Å². The van der Waals surface area contributed by atoms with Gasteiger partial charge in [-0.1, -0.05) is 35.8 Å². The average molecular weight is 343 g/mol. The van der Waals surface area contributed by atoms with Gasteiger partial charge in [0.2, 0.25) is 0 Å². The molecule has 0 atom stereocenters. The van der Waals surface area contributed by atoms with E-state index in [0.29, 0.717) is 10.9 Å². The highest BCUT2D eigenvalue weighted by atomic mass is 79.9. The number of hydrogen-bond donors (Lipinski definition) is 1. The van der Waals surface area contributed by atoms with Gasteiger partial charge < -0.3 is 5.32 Å². The van der Waals surface area contributed by atoms with Crippen LogP contribution in [0.1, 0.15) is 42.6 Å². The molecule has 0 radical (unpaired) electrons. The predicted molar refractivity (Wildman–Crippen MR) is 82.4 cm³/mol. The molecule has 1 aromatic carbocycles. The monoisotopic (exact) mass is 342 g/mol. The van der Waals surface area contributed by atoms with Gasteiger partial charge in [0.15, 0.2) is 0 Å². The van der Waals surface area contributed by atoms with E-state index in [2.05, 4.69) is 21.2 Å². The first-order chi connectivity index (χ1) is 9.39. The van der Waals surface area contributed by atoms with E-state index in [4.69, 9.17) is 0 Å². The van der Waals surface area contributed by atoms with Gasteiger partial charge in [0.05, 0.1) is 4.92 Å². The lowest BCUT2D eigenvalue weighted by atomic mass is 9.94. The van der Waals surface area contributed by atoms with Gasteiger partial charge in [-0.05, 0) is 25.3 Å². The maximum atomic E-state index is 12.4. The lowest BCUT2D eigenvalue weighted by molar-refractivity contribution is -0.384. The fraction of sp³-hybridized carbons (Fsp3) is 0.500. The van der Waals surface area contributed by atoms with E-state index in [1.54, 1.807) is 13.0 Å². The van der Waals surface area contributed by atoms with Crippen molar-refractivity contribution < 1.29 is 9.72 Å². The quantitative estimate of drug-likeness (QED) is 0.487. The predicted octanol–water partition coefficient (Wildman–Crippen LogP) is 3.59. The van der Waals surface area contributed by atoms with Crippen molar-refractivity contribution in [2.45, 2.75) is 39.2 Å². The molecule has 1 N–H and O–H groups in total. The topological polar surface area (TPSA) is 72.2 Å². The summed E-state index contributed by atoms with van der Waals surface area (Å²) in [5.41, 5.74) is 0.683. The Balaban J connectivity index is 3.08. The first-order valence-electron chi connectivity index (χ1n) is 6.52. The molecule has 0 saturated heterocycles. The molecule has 0 spiro atoms. The largest absolute Gasteiger partial charge is 0.346 e. The number of carbonyl (C=O) groups is 1. The van der Waals surface area contributed by atoms with Gasteiger partial charge in [-0.3, -0.25) is 14.9 Å². The van der Waals surface area contributed by atoms with Crippen LogP contribution in [0.3, 0.4) is 0 Å². The molecule has 1 aromatic rings. The zero-order chi connectivity index (χ0) is 15.3. The number of benzene rings is 1. The maximum Gasteiger partial charge on any atom is 0.270 e. The van der Waals surface area contributed by atoms with Crippen molar-refractivity contribution >= 4 is 27.5 Å². The molecule has 0 saturated carbocycles. The van der Waals surface area contributed by atoms with Crippen molar-refractivity contribution in [3.63, 3.8) is 0 Å². The van der Waals surface area contributed by atoms with Crippen molar-refractivity contribution in [3.8, 4) is 0 Å². The minimum absolute atomic E-state index is 0.0711. The molecule has 110 valence electrons. The van der Waals surface area contributed by atoms with Crippen LogP contribution in [-0.4, -0.2) is 21.7 Å². The van der Waals surface area contributed by atoms with Crippen LogP contribution in [0.5, 0.6) is 0 Å². The van der Waals surface area contributed by atoms with Crippen LogP contribution in [0.2, 0.25) is 0 Å². The molecule has 0 aliphatic heterocycles. The summed E-state index contributed by atoms with van der Waals surface area (Å²) in [6.45, 7) is 5.78. The van der Waals surface area contributed by atoms with Gasteiger partial charge >= 0.3 is 0 Å². The Morgan fingerprint density at radius 3 is 2.45 bits per heavy atom. The number of aryl methyl sites for hydroxylation is 1. The molecule has 0 unspecified atom stereocenters.